The summed E-state index contributed by atoms with van der Waals surface area (Å²) in [4.78, 5) is 0. The van der Waals surface area contributed by atoms with Crippen LogP contribution in [0.15, 0.2) is 49.6 Å². The third kappa shape index (κ3) is 5.73. The Balaban J connectivity index is 1.73. The molecule has 0 bridgehead atoms. The van der Waals surface area contributed by atoms with E-state index in [0.717, 1.165) is 5.56 Å². The second kappa shape index (κ2) is 11.5. The van der Waals surface area contributed by atoms with Gasteiger partial charge in [0, 0.05) is 7.11 Å². The molecular weight excluding hydrogens is 412 g/mol. The van der Waals surface area contributed by atoms with Crippen LogP contribution in [0.5, 0.6) is 0 Å². The van der Waals surface area contributed by atoms with Gasteiger partial charge in [-0.05, 0) is 5.56 Å². The van der Waals surface area contributed by atoms with Gasteiger partial charge in [0.25, 0.3) is 0 Å². The van der Waals surface area contributed by atoms with Crippen LogP contribution in [0.2, 0.25) is 18.6 Å². The highest BCUT2D eigenvalue weighted by molar-refractivity contribution is 6.92. The van der Waals surface area contributed by atoms with Crippen LogP contribution in [-0.2, 0) is 30.3 Å². The van der Waals surface area contributed by atoms with Crippen LogP contribution in [0.1, 0.15) is 12.0 Å². The van der Waals surface area contributed by atoms with Crippen LogP contribution in [-0.4, -0.2) is 70.8 Å². The summed E-state index contributed by atoms with van der Waals surface area (Å²) in [6, 6.07) is 11.6. The van der Waals surface area contributed by atoms with E-state index in [4.69, 9.17) is 23.7 Å². The Labute approximate surface area is 186 Å². The van der Waals surface area contributed by atoms with Gasteiger partial charge in [0.2, 0.25) is 0 Å². The molecule has 2 aliphatic heterocycles. The number of aliphatic hydroxyl groups is 1. The van der Waals surface area contributed by atoms with Crippen molar-refractivity contribution in [2.45, 2.75) is 62.4 Å². The van der Waals surface area contributed by atoms with Crippen LogP contribution < -0.4 is 5.19 Å². The van der Waals surface area contributed by atoms with Gasteiger partial charge in [0.05, 0.1) is 34.5 Å². The first kappa shape index (κ1) is 24.3. The molecule has 31 heavy (non-hydrogen) atoms. The van der Waals surface area contributed by atoms with Gasteiger partial charge >= 0.3 is 0 Å². The van der Waals surface area contributed by atoms with Crippen LogP contribution in [0.4, 0.5) is 0 Å². The van der Waals surface area contributed by atoms with Crippen molar-refractivity contribution in [3.63, 3.8) is 0 Å². The first-order valence-electron chi connectivity index (χ1n) is 11.0. The molecule has 172 valence electrons. The molecule has 5 atom stereocenters. The minimum Gasteiger partial charge on any atom is -0.394 e. The van der Waals surface area contributed by atoms with E-state index >= 15 is 0 Å². The molecule has 3 rings (SSSR count). The Morgan fingerprint density at radius 1 is 1.03 bits per heavy atom. The Morgan fingerprint density at radius 2 is 1.68 bits per heavy atom. The molecular formula is C24H36O6Si. The molecule has 1 aromatic carbocycles. The van der Waals surface area contributed by atoms with Gasteiger partial charge in [-0.25, -0.2) is 0 Å². The zero-order chi connectivity index (χ0) is 22.3. The fraction of sp³-hybridized carbons (Fsp3) is 0.583. The molecule has 2 aliphatic rings. The van der Waals surface area contributed by atoms with Gasteiger partial charge in [0.1, 0.15) is 24.4 Å². The molecule has 0 radical (unpaired) electrons. The van der Waals surface area contributed by atoms with Crippen molar-refractivity contribution in [3.05, 3.63) is 55.1 Å². The summed E-state index contributed by atoms with van der Waals surface area (Å²) in [6.45, 7) is 10.7. The van der Waals surface area contributed by atoms with E-state index in [9.17, 15) is 5.11 Å². The lowest BCUT2D eigenvalue weighted by Gasteiger charge is -2.45. The van der Waals surface area contributed by atoms with Crippen molar-refractivity contribution in [3.8, 4) is 0 Å². The predicted molar refractivity (Wildman–Crippen MR) is 123 cm³/mol. The molecule has 2 heterocycles. The van der Waals surface area contributed by atoms with E-state index in [1.165, 1.54) is 23.7 Å². The quantitative estimate of drug-likeness (QED) is 0.392. The standard InChI is InChI=1S/C24H36O6Si/c1-5-12-27-22-21(20(16-25)30-24(26-3)23(22)28-13-6-2)29-17-18-8-10-19(11-9-18)31(4)14-7-15-31/h5-6,8-11,20-25H,1-2,7,12-17H2,3-4H3/t20-,21-,22+,23-,24+/m1/s1. The van der Waals surface area contributed by atoms with Crippen LogP contribution in [0, 0.1) is 0 Å². The van der Waals surface area contributed by atoms with Crippen molar-refractivity contribution in [1.82, 2.24) is 0 Å². The van der Waals surface area contributed by atoms with Crippen LogP contribution in [0.3, 0.4) is 0 Å². The first-order chi connectivity index (χ1) is 15.1. The van der Waals surface area contributed by atoms with Crippen molar-refractivity contribution >= 4 is 13.3 Å². The van der Waals surface area contributed by atoms with E-state index in [-0.39, 0.29) is 6.61 Å². The molecule has 0 saturated carbocycles. The van der Waals surface area contributed by atoms with Gasteiger partial charge in [-0.15, -0.1) is 13.2 Å². The lowest BCUT2D eigenvalue weighted by atomic mass is 9.98. The SMILES string of the molecule is C=CCO[C@@H]1[C@@H](OCC=C)[C@@H](OC)O[C@H](CO)[C@H]1OCc1ccc([Si]2(C)CCC2)cc1. The summed E-state index contributed by atoms with van der Waals surface area (Å²) in [5.74, 6) is 0. The van der Waals surface area contributed by atoms with Crippen molar-refractivity contribution < 1.29 is 28.8 Å². The Hall–Kier alpha value is -1.32. The molecule has 2 fully saturated rings. The highest BCUT2D eigenvalue weighted by Gasteiger charge is 2.48. The molecule has 0 aliphatic carbocycles. The van der Waals surface area contributed by atoms with Crippen molar-refractivity contribution in [1.29, 1.82) is 0 Å². The summed E-state index contributed by atoms with van der Waals surface area (Å²) in [7, 11) is 0.355. The summed E-state index contributed by atoms with van der Waals surface area (Å²) < 4.78 is 29.6. The largest absolute Gasteiger partial charge is 0.394 e. The third-order valence-electron chi connectivity index (χ3n) is 6.37. The van der Waals surface area contributed by atoms with E-state index in [0.29, 0.717) is 19.8 Å². The second-order valence-electron chi connectivity index (χ2n) is 8.52. The van der Waals surface area contributed by atoms with Gasteiger partial charge < -0.3 is 28.8 Å². The number of rotatable bonds is 12. The molecule has 0 amide bonds. The van der Waals surface area contributed by atoms with Crippen molar-refractivity contribution in [2.24, 2.45) is 0 Å². The number of hydrogen-bond donors (Lipinski definition) is 1. The average molecular weight is 449 g/mol. The lowest BCUT2D eigenvalue weighted by molar-refractivity contribution is -0.315. The summed E-state index contributed by atoms with van der Waals surface area (Å²) in [6.07, 6.45) is 1.89. The molecule has 7 heteroatoms. The summed E-state index contributed by atoms with van der Waals surface area (Å²) in [5.41, 5.74) is 1.08. The number of ether oxygens (including phenoxy) is 5. The fourth-order valence-corrected chi connectivity index (χ4v) is 7.30. The maximum absolute atomic E-state index is 9.95. The monoisotopic (exact) mass is 448 g/mol. The first-order valence-corrected chi connectivity index (χ1v) is 13.9. The zero-order valence-corrected chi connectivity index (χ0v) is 19.7. The topological polar surface area (TPSA) is 66.4 Å². The summed E-state index contributed by atoms with van der Waals surface area (Å²) >= 11 is 0. The molecule has 1 aromatic rings. The molecule has 2 saturated heterocycles. The number of methoxy groups -OCH3 is 1. The Morgan fingerprint density at radius 3 is 2.19 bits per heavy atom. The molecule has 1 N–H and O–H groups in total. The average Bonchev–Trinajstić information content (AvgIpc) is 2.78. The summed E-state index contributed by atoms with van der Waals surface area (Å²) in [5, 5.41) is 11.5. The van der Waals surface area contributed by atoms with Crippen LogP contribution >= 0.6 is 0 Å². The molecule has 0 aromatic heterocycles. The van der Waals surface area contributed by atoms with E-state index in [1.807, 2.05) is 0 Å². The number of benzene rings is 1. The molecule has 0 unspecified atom stereocenters. The Kier molecular flexibility index (Phi) is 9.03. The van der Waals surface area contributed by atoms with Gasteiger partial charge in [-0.1, -0.05) is 66.7 Å². The highest BCUT2D eigenvalue weighted by Crippen LogP contribution is 2.32. The van der Waals surface area contributed by atoms with Gasteiger partial charge in [-0.3, -0.25) is 0 Å². The van der Waals surface area contributed by atoms with Gasteiger partial charge in [0.15, 0.2) is 6.29 Å². The fourth-order valence-electron chi connectivity index (χ4n) is 4.33. The van der Waals surface area contributed by atoms with Crippen LogP contribution in [0.25, 0.3) is 0 Å². The minimum absolute atomic E-state index is 0.213. The molecule has 0 spiro atoms. The third-order valence-corrected chi connectivity index (χ3v) is 11.0. The predicted octanol–water partition coefficient (Wildman–Crippen LogP) is 2.77. The maximum atomic E-state index is 9.95. The minimum atomic E-state index is -1.19. The zero-order valence-electron chi connectivity index (χ0n) is 18.7. The van der Waals surface area contributed by atoms with E-state index < -0.39 is 38.8 Å². The highest BCUT2D eigenvalue weighted by atomic mass is 28.3. The maximum Gasteiger partial charge on any atom is 0.186 e. The molecule has 6 nitrogen and oxygen atoms in total. The smallest absolute Gasteiger partial charge is 0.186 e. The number of hydrogen-bond acceptors (Lipinski definition) is 6. The Bertz CT molecular complexity index is 705. The normalized spacial score (nSPS) is 29.8. The number of aliphatic hydroxyl groups excluding tert-OH is 1. The van der Waals surface area contributed by atoms with Gasteiger partial charge in [-0.2, -0.15) is 0 Å². The van der Waals surface area contributed by atoms with Crippen molar-refractivity contribution in [2.75, 3.05) is 26.9 Å². The second-order valence-corrected chi connectivity index (χ2v) is 13.2. The van der Waals surface area contributed by atoms with E-state index in [1.54, 1.807) is 19.3 Å². The van der Waals surface area contributed by atoms with E-state index in [2.05, 4.69) is 44.0 Å². The lowest BCUT2D eigenvalue weighted by Crippen LogP contribution is -2.61.